The van der Waals surface area contributed by atoms with Gasteiger partial charge < -0.3 is 9.84 Å². The third-order valence-corrected chi connectivity index (χ3v) is 3.07. The van der Waals surface area contributed by atoms with Crippen LogP contribution in [0.4, 0.5) is 0 Å². The van der Waals surface area contributed by atoms with E-state index in [-0.39, 0.29) is 17.8 Å². The number of ether oxygens (including phenoxy) is 1. The molecule has 0 bridgehead atoms. The van der Waals surface area contributed by atoms with E-state index in [1.165, 1.54) is 0 Å². The summed E-state index contributed by atoms with van der Waals surface area (Å²) in [5, 5.41) is 9.97. The first-order valence-electron chi connectivity index (χ1n) is 6.11. The van der Waals surface area contributed by atoms with Gasteiger partial charge in [-0.3, -0.25) is 4.79 Å². The van der Waals surface area contributed by atoms with Gasteiger partial charge >= 0.3 is 5.97 Å². The Kier molecular flexibility index (Phi) is 5.53. The van der Waals surface area contributed by atoms with Crippen LogP contribution in [0.2, 0.25) is 0 Å². The average Bonchev–Trinajstić information content (AvgIpc) is 2.27. The number of carbonyl (C=O) groups is 1. The standard InChI is InChI=1S/C13H22O3/c1-10-7-5-3-4-6-8-12(14)16-9-11(2)13(10)15/h5,7,10-11,13,15H,3-4,6,8-9H2,1-2H3/b7-5+/t10-,11?,13+/m0/s1. The average molecular weight is 226 g/mol. The molecule has 0 aromatic carbocycles. The molecule has 3 heteroatoms. The monoisotopic (exact) mass is 226 g/mol. The second-order valence-electron chi connectivity index (χ2n) is 4.68. The highest BCUT2D eigenvalue weighted by Gasteiger charge is 2.20. The third-order valence-electron chi connectivity index (χ3n) is 3.07. The van der Waals surface area contributed by atoms with Gasteiger partial charge in [0, 0.05) is 18.3 Å². The SMILES string of the molecule is CC1COC(=O)CCCC/C=C/[C@H](C)[C@H]1O. The summed E-state index contributed by atoms with van der Waals surface area (Å²) in [4.78, 5) is 11.3. The maximum Gasteiger partial charge on any atom is 0.305 e. The fraction of sp³-hybridized carbons (Fsp3) is 0.769. The first-order valence-corrected chi connectivity index (χ1v) is 6.11. The second-order valence-corrected chi connectivity index (χ2v) is 4.68. The summed E-state index contributed by atoms with van der Waals surface area (Å²) in [6.07, 6.45) is 7.07. The van der Waals surface area contributed by atoms with Crippen LogP contribution >= 0.6 is 0 Å². The Morgan fingerprint density at radius 3 is 2.88 bits per heavy atom. The molecule has 0 fully saturated rings. The molecule has 0 saturated heterocycles. The van der Waals surface area contributed by atoms with Gasteiger partial charge in [-0.1, -0.05) is 26.0 Å². The van der Waals surface area contributed by atoms with Crippen molar-refractivity contribution in [3.05, 3.63) is 12.2 Å². The smallest absolute Gasteiger partial charge is 0.305 e. The van der Waals surface area contributed by atoms with E-state index in [2.05, 4.69) is 12.2 Å². The Balaban J connectivity index is 2.58. The van der Waals surface area contributed by atoms with E-state index in [0.717, 1.165) is 19.3 Å². The molecule has 0 radical (unpaired) electrons. The zero-order chi connectivity index (χ0) is 12.0. The van der Waals surface area contributed by atoms with Crippen molar-refractivity contribution < 1.29 is 14.6 Å². The van der Waals surface area contributed by atoms with E-state index in [9.17, 15) is 9.90 Å². The summed E-state index contributed by atoms with van der Waals surface area (Å²) >= 11 is 0. The van der Waals surface area contributed by atoms with Crippen molar-refractivity contribution in [3.63, 3.8) is 0 Å². The van der Waals surface area contributed by atoms with Crippen molar-refractivity contribution in [2.45, 2.75) is 45.6 Å². The first kappa shape index (κ1) is 13.2. The maximum atomic E-state index is 11.3. The van der Waals surface area contributed by atoms with Gasteiger partial charge in [0.1, 0.15) is 0 Å². The number of hydrogen-bond acceptors (Lipinski definition) is 3. The number of aliphatic hydroxyl groups is 1. The number of cyclic esters (lactones) is 1. The molecule has 92 valence electrons. The minimum atomic E-state index is -0.441. The van der Waals surface area contributed by atoms with Gasteiger partial charge in [-0.15, -0.1) is 0 Å². The van der Waals surface area contributed by atoms with Gasteiger partial charge in [0.15, 0.2) is 0 Å². The van der Waals surface area contributed by atoms with E-state index in [0.29, 0.717) is 13.0 Å². The van der Waals surface area contributed by atoms with Crippen LogP contribution in [0.25, 0.3) is 0 Å². The molecule has 0 aromatic heterocycles. The molecule has 0 spiro atoms. The Labute approximate surface area is 97.5 Å². The zero-order valence-electron chi connectivity index (χ0n) is 10.2. The normalized spacial score (nSPS) is 35.7. The molecule has 0 amide bonds. The molecule has 3 atom stereocenters. The quantitative estimate of drug-likeness (QED) is 0.509. The molecule has 0 saturated carbocycles. The van der Waals surface area contributed by atoms with Crippen LogP contribution in [0.15, 0.2) is 12.2 Å². The van der Waals surface area contributed by atoms with Gasteiger partial charge in [0.05, 0.1) is 12.7 Å². The van der Waals surface area contributed by atoms with Crippen LogP contribution in [-0.4, -0.2) is 23.8 Å². The molecular weight excluding hydrogens is 204 g/mol. The van der Waals surface area contributed by atoms with E-state index < -0.39 is 6.10 Å². The summed E-state index contributed by atoms with van der Waals surface area (Å²) in [7, 11) is 0. The van der Waals surface area contributed by atoms with E-state index >= 15 is 0 Å². The molecule has 1 aliphatic rings. The number of hydrogen-bond donors (Lipinski definition) is 1. The van der Waals surface area contributed by atoms with Gasteiger partial charge in [-0.2, -0.15) is 0 Å². The topological polar surface area (TPSA) is 46.5 Å². The lowest BCUT2D eigenvalue weighted by atomic mass is 9.93. The van der Waals surface area contributed by atoms with E-state index in [1.807, 2.05) is 13.8 Å². The van der Waals surface area contributed by atoms with Crippen molar-refractivity contribution >= 4 is 5.97 Å². The van der Waals surface area contributed by atoms with Gasteiger partial charge in [-0.05, 0) is 19.3 Å². The van der Waals surface area contributed by atoms with Crippen molar-refractivity contribution in [2.75, 3.05) is 6.61 Å². The second kappa shape index (κ2) is 6.69. The summed E-state index contributed by atoms with van der Waals surface area (Å²) in [6, 6.07) is 0. The highest BCUT2D eigenvalue weighted by molar-refractivity contribution is 5.69. The molecule has 1 unspecified atom stereocenters. The van der Waals surface area contributed by atoms with E-state index in [1.54, 1.807) is 0 Å². The fourth-order valence-corrected chi connectivity index (χ4v) is 1.87. The van der Waals surface area contributed by atoms with Crippen molar-refractivity contribution in [3.8, 4) is 0 Å². The van der Waals surface area contributed by atoms with Gasteiger partial charge in [0.25, 0.3) is 0 Å². The van der Waals surface area contributed by atoms with Crippen LogP contribution in [-0.2, 0) is 9.53 Å². The summed E-state index contributed by atoms with van der Waals surface area (Å²) in [5.41, 5.74) is 0. The lowest BCUT2D eigenvalue weighted by Crippen LogP contribution is -2.29. The largest absolute Gasteiger partial charge is 0.465 e. The molecule has 1 aliphatic heterocycles. The molecular formula is C13H22O3. The summed E-state index contributed by atoms with van der Waals surface area (Å²) in [6.45, 7) is 4.22. The first-order chi connectivity index (χ1) is 7.61. The minimum Gasteiger partial charge on any atom is -0.465 e. The number of allylic oxidation sites excluding steroid dienone is 1. The summed E-state index contributed by atoms with van der Waals surface area (Å²) in [5.74, 6) is -0.0348. The predicted molar refractivity (Wildman–Crippen MR) is 62.9 cm³/mol. The third kappa shape index (κ3) is 4.35. The highest BCUT2D eigenvalue weighted by Crippen LogP contribution is 2.17. The van der Waals surface area contributed by atoms with Crippen LogP contribution in [0.1, 0.15) is 39.5 Å². The Morgan fingerprint density at radius 1 is 1.38 bits per heavy atom. The Bertz CT molecular complexity index is 248. The molecule has 3 nitrogen and oxygen atoms in total. The molecule has 0 aromatic rings. The molecule has 1 rings (SSSR count). The summed E-state index contributed by atoms with van der Waals surface area (Å²) < 4.78 is 5.12. The van der Waals surface area contributed by atoms with Gasteiger partial charge in [0.2, 0.25) is 0 Å². The van der Waals surface area contributed by atoms with Crippen molar-refractivity contribution in [2.24, 2.45) is 11.8 Å². The van der Waals surface area contributed by atoms with Gasteiger partial charge in [-0.25, -0.2) is 0 Å². The van der Waals surface area contributed by atoms with Crippen molar-refractivity contribution in [1.29, 1.82) is 0 Å². The molecule has 16 heavy (non-hydrogen) atoms. The molecule has 1 heterocycles. The molecule has 0 aliphatic carbocycles. The lowest BCUT2D eigenvalue weighted by Gasteiger charge is -2.23. The molecule has 1 N–H and O–H groups in total. The number of carbonyl (C=O) groups excluding carboxylic acids is 1. The number of esters is 1. The lowest BCUT2D eigenvalue weighted by molar-refractivity contribution is -0.146. The maximum absolute atomic E-state index is 11.3. The predicted octanol–water partition coefficient (Wildman–Crippen LogP) is 2.29. The van der Waals surface area contributed by atoms with Crippen molar-refractivity contribution in [1.82, 2.24) is 0 Å². The number of rotatable bonds is 0. The van der Waals surface area contributed by atoms with Crippen LogP contribution in [0.3, 0.4) is 0 Å². The number of aliphatic hydroxyl groups excluding tert-OH is 1. The van der Waals surface area contributed by atoms with Crippen LogP contribution < -0.4 is 0 Å². The Hall–Kier alpha value is -0.830. The van der Waals surface area contributed by atoms with E-state index in [4.69, 9.17) is 4.74 Å². The Morgan fingerprint density at radius 2 is 2.12 bits per heavy atom. The highest BCUT2D eigenvalue weighted by atomic mass is 16.5. The fourth-order valence-electron chi connectivity index (χ4n) is 1.87. The van der Waals surface area contributed by atoms with Crippen LogP contribution in [0, 0.1) is 11.8 Å². The van der Waals surface area contributed by atoms with Crippen LogP contribution in [0.5, 0.6) is 0 Å². The minimum absolute atomic E-state index is 0.0111. The zero-order valence-corrected chi connectivity index (χ0v) is 10.2.